The van der Waals surface area contributed by atoms with Gasteiger partial charge in [-0.3, -0.25) is 0 Å². The van der Waals surface area contributed by atoms with E-state index in [1.165, 1.54) is 55.6 Å². The van der Waals surface area contributed by atoms with Crippen LogP contribution >= 0.6 is 11.6 Å². The molecule has 4 heteroatoms. The van der Waals surface area contributed by atoms with Crippen molar-refractivity contribution in [2.24, 2.45) is 0 Å². The number of hydrogen-bond donors (Lipinski definition) is 0. The number of aromatic nitrogens is 2. The molecule has 1 aliphatic carbocycles. The Morgan fingerprint density at radius 1 is 1.11 bits per heavy atom. The summed E-state index contributed by atoms with van der Waals surface area (Å²) < 4.78 is 0. The summed E-state index contributed by atoms with van der Waals surface area (Å²) in [6.07, 6.45) is 11.6. The molecule has 3 rings (SSSR count). The molecule has 0 N–H and O–H groups in total. The first-order chi connectivity index (χ1) is 9.40. The minimum absolute atomic E-state index is 0.456. The van der Waals surface area contributed by atoms with Crippen LogP contribution in [0.4, 0.5) is 5.82 Å². The molecule has 1 aromatic heterocycles. The van der Waals surface area contributed by atoms with Crippen LogP contribution in [0.25, 0.3) is 0 Å². The van der Waals surface area contributed by atoms with E-state index in [0.29, 0.717) is 11.9 Å². The average molecular weight is 280 g/mol. The number of alkyl halides is 1. The molecule has 0 spiro atoms. The van der Waals surface area contributed by atoms with Crippen LogP contribution in [-0.2, 0) is 12.8 Å². The summed E-state index contributed by atoms with van der Waals surface area (Å²) in [7, 11) is 0. The van der Waals surface area contributed by atoms with Crippen LogP contribution in [0.15, 0.2) is 6.33 Å². The highest BCUT2D eigenvalue weighted by Gasteiger charge is 2.26. The predicted octanol–water partition coefficient (Wildman–Crippen LogP) is 3.34. The topological polar surface area (TPSA) is 29.0 Å². The van der Waals surface area contributed by atoms with E-state index in [1.807, 2.05) is 0 Å². The van der Waals surface area contributed by atoms with Gasteiger partial charge in [-0.05, 0) is 44.9 Å². The van der Waals surface area contributed by atoms with Crippen LogP contribution < -0.4 is 4.90 Å². The molecule has 19 heavy (non-hydrogen) atoms. The summed E-state index contributed by atoms with van der Waals surface area (Å²) in [6, 6.07) is 0.456. The largest absolute Gasteiger partial charge is 0.352 e. The molecule has 1 aliphatic heterocycles. The Kier molecular flexibility index (Phi) is 4.21. The lowest BCUT2D eigenvalue weighted by molar-refractivity contribution is 0.482. The Hall–Kier alpha value is -0.830. The maximum absolute atomic E-state index is 6.16. The van der Waals surface area contributed by atoms with Crippen molar-refractivity contribution in [1.82, 2.24) is 9.97 Å². The van der Waals surface area contributed by atoms with E-state index in [1.54, 1.807) is 6.33 Å². The van der Waals surface area contributed by atoms with E-state index in [4.69, 9.17) is 11.6 Å². The zero-order valence-electron chi connectivity index (χ0n) is 11.4. The Balaban J connectivity index is 1.95. The Morgan fingerprint density at radius 3 is 2.89 bits per heavy atom. The predicted molar refractivity (Wildman–Crippen MR) is 79.0 cm³/mol. The molecule has 0 bridgehead atoms. The second-order valence-corrected chi connectivity index (χ2v) is 5.99. The summed E-state index contributed by atoms with van der Waals surface area (Å²) in [4.78, 5) is 11.6. The molecule has 0 saturated carbocycles. The fourth-order valence-corrected chi connectivity index (χ4v) is 3.69. The normalized spacial score (nSPS) is 23.8. The molecule has 1 aromatic rings. The van der Waals surface area contributed by atoms with E-state index in [9.17, 15) is 0 Å². The summed E-state index contributed by atoms with van der Waals surface area (Å²) in [6.45, 7) is 1.10. The Labute approximate surface area is 120 Å². The number of fused-ring (bicyclic) bond motifs is 1. The van der Waals surface area contributed by atoms with Gasteiger partial charge in [0.05, 0.1) is 0 Å². The number of nitrogens with zero attached hydrogens (tertiary/aromatic N) is 3. The van der Waals surface area contributed by atoms with Gasteiger partial charge in [0.2, 0.25) is 0 Å². The minimum atomic E-state index is 0.456. The molecule has 1 atom stereocenters. The van der Waals surface area contributed by atoms with Gasteiger partial charge in [-0.25, -0.2) is 9.97 Å². The fraction of sp³-hybridized carbons (Fsp3) is 0.733. The SMILES string of the molecule is ClCC1CCCCN1c1ncnc2c1CCCCC2. The van der Waals surface area contributed by atoms with Gasteiger partial charge < -0.3 is 4.90 Å². The van der Waals surface area contributed by atoms with Crippen molar-refractivity contribution in [3.8, 4) is 0 Å². The van der Waals surface area contributed by atoms with Crippen molar-refractivity contribution in [3.63, 3.8) is 0 Å². The lowest BCUT2D eigenvalue weighted by Gasteiger charge is -2.36. The van der Waals surface area contributed by atoms with Crippen molar-refractivity contribution in [3.05, 3.63) is 17.6 Å². The van der Waals surface area contributed by atoms with E-state index in [0.717, 1.165) is 19.4 Å². The first-order valence-corrected chi connectivity index (χ1v) is 8.09. The quantitative estimate of drug-likeness (QED) is 0.614. The number of hydrogen-bond acceptors (Lipinski definition) is 3. The van der Waals surface area contributed by atoms with Gasteiger partial charge in [-0.2, -0.15) is 0 Å². The molecule has 1 fully saturated rings. The Morgan fingerprint density at radius 2 is 2.00 bits per heavy atom. The van der Waals surface area contributed by atoms with Crippen molar-refractivity contribution < 1.29 is 0 Å². The average Bonchev–Trinajstić information content (AvgIpc) is 2.72. The highest BCUT2D eigenvalue weighted by atomic mass is 35.5. The van der Waals surface area contributed by atoms with Gasteiger partial charge in [0.1, 0.15) is 12.1 Å². The molecule has 3 nitrogen and oxygen atoms in total. The van der Waals surface area contributed by atoms with Crippen LogP contribution in [0.2, 0.25) is 0 Å². The maximum atomic E-state index is 6.16. The van der Waals surface area contributed by atoms with E-state index < -0.39 is 0 Å². The zero-order valence-corrected chi connectivity index (χ0v) is 12.2. The number of rotatable bonds is 2. The second-order valence-electron chi connectivity index (χ2n) is 5.68. The molecule has 1 saturated heterocycles. The van der Waals surface area contributed by atoms with Gasteiger partial charge in [0, 0.05) is 29.7 Å². The van der Waals surface area contributed by atoms with Crippen LogP contribution in [0.1, 0.15) is 49.8 Å². The first kappa shape index (κ1) is 13.2. The van der Waals surface area contributed by atoms with Crippen molar-refractivity contribution >= 4 is 17.4 Å². The third-order valence-electron chi connectivity index (χ3n) is 4.43. The van der Waals surface area contributed by atoms with Gasteiger partial charge in [0.25, 0.3) is 0 Å². The number of anilines is 1. The van der Waals surface area contributed by atoms with Crippen molar-refractivity contribution in [2.75, 3.05) is 17.3 Å². The number of piperidine rings is 1. The minimum Gasteiger partial charge on any atom is -0.352 e. The van der Waals surface area contributed by atoms with Crippen LogP contribution in [0.5, 0.6) is 0 Å². The van der Waals surface area contributed by atoms with E-state index >= 15 is 0 Å². The summed E-state index contributed by atoms with van der Waals surface area (Å²) in [5.41, 5.74) is 2.68. The number of halogens is 1. The van der Waals surface area contributed by atoms with Crippen LogP contribution in [0, 0.1) is 0 Å². The van der Waals surface area contributed by atoms with E-state index in [-0.39, 0.29) is 0 Å². The van der Waals surface area contributed by atoms with Crippen LogP contribution in [-0.4, -0.2) is 28.4 Å². The summed E-state index contributed by atoms with van der Waals surface area (Å²) >= 11 is 6.16. The smallest absolute Gasteiger partial charge is 0.135 e. The molecule has 0 radical (unpaired) electrons. The molecular weight excluding hydrogens is 258 g/mol. The highest BCUT2D eigenvalue weighted by molar-refractivity contribution is 6.18. The fourth-order valence-electron chi connectivity index (χ4n) is 3.37. The van der Waals surface area contributed by atoms with Gasteiger partial charge in [-0.1, -0.05) is 6.42 Å². The molecule has 2 heterocycles. The van der Waals surface area contributed by atoms with Crippen LogP contribution in [0.3, 0.4) is 0 Å². The maximum Gasteiger partial charge on any atom is 0.135 e. The monoisotopic (exact) mass is 279 g/mol. The molecular formula is C15H22ClN3. The van der Waals surface area contributed by atoms with Gasteiger partial charge in [0.15, 0.2) is 0 Å². The molecule has 104 valence electrons. The van der Waals surface area contributed by atoms with Crippen molar-refractivity contribution in [1.29, 1.82) is 0 Å². The molecule has 1 unspecified atom stereocenters. The van der Waals surface area contributed by atoms with Gasteiger partial charge >= 0.3 is 0 Å². The summed E-state index contributed by atoms with van der Waals surface area (Å²) in [5, 5.41) is 0. The number of aryl methyl sites for hydroxylation is 1. The first-order valence-electron chi connectivity index (χ1n) is 7.55. The summed E-state index contributed by atoms with van der Waals surface area (Å²) in [5.74, 6) is 1.89. The third kappa shape index (κ3) is 2.71. The molecule has 0 aromatic carbocycles. The lowest BCUT2D eigenvalue weighted by atomic mass is 10.0. The standard InChI is InChI=1S/C15H22ClN3/c16-10-12-6-4-5-9-19(12)15-13-7-2-1-3-8-14(13)17-11-18-15/h11-12H,1-10H2. The molecule has 0 amide bonds. The third-order valence-corrected chi connectivity index (χ3v) is 4.79. The van der Waals surface area contributed by atoms with E-state index in [2.05, 4.69) is 14.9 Å². The zero-order chi connectivity index (χ0) is 13.1. The second kappa shape index (κ2) is 6.08. The van der Waals surface area contributed by atoms with Crippen molar-refractivity contribution in [2.45, 2.75) is 57.4 Å². The van der Waals surface area contributed by atoms with Gasteiger partial charge in [-0.15, -0.1) is 11.6 Å². The Bertz CT molecular complexity index is 435. The highest BCUT2D eigenvalue weighted by Crippen LogP contribution is 2.30. The lowest BCUT2D eigenvalue weighted by Crippen LogP contribution is -2.42. The molecule has 2 aliphatic rings.